The summed E-state index contributed by atoms with van der Waals surface area (Å²) in [5.41, 5.74) is 9.48. The third-order valence-electron chi connectivity index (χ3n) is 1.83. The molecule has 1 rings (SSSR count). The molecule has 0 atom stereocenters. The lowest BCUT2D eigenvalue weighted by Crippen LogP contribution is -2.19. The Morgan fingerprint density at radius 1 is 1.47 bits per heavy atom. The Labute approximate surface area is 95.6 Å². The molecule has 0 aliphatic rings. The van der Waals surface area contributed by atoms with E-state index in [1.807, 2.05) is 24.3 Å². The van der Waals surface area contributed by atoms with Crippen molar-refractivity contribution in [1.82, 2.24) is 0 Å². The smallest absolute Gasteiger partial charge is 0.416 e. The third kappa shape index (κ3) is 3.31. The Hall–Kier alpha value is -1.45. The van der Waals surface area contributed by atoms with Crippen LogP contribution in [0.4, 0.5) is 0 Å². The number of hydrogen-bond acceptors (Lipinski definition) is 2. The van der Waals surface area contributed by atoms with Gasteiger partial charge >= 0.3 is 11.7 Å². The molecule has 0 spiro atoms. The highest BCUT2D eigenvalue weighted by Crippen LogP contribution is 2.11. The first-order chi connectivity index (χ1) is 7.17. The fraction of sp³-hybridized carbons (Fsp3) is 0.200. The van der Waals surface area contributed by atoms with Gasteiger partial charge in [-0.25, -0.2) is 4.79 Å². The molecule has 4 nitrogen and oxygen atoms in total. The lowest BCUT2D eigenvalue weighted by Gasteiger charge is -1.97. The van der Waals surface area contributed by atoms with Crippen LogP contribution in [0, 0.1) is 0 Å². The SMILES string of the molecule is COC(=O)C(Cc1ccc(Br)cc1)=[N+]=[N-]. The molecule has 0 aliphatic carbocycles. The van der Waals surface area contributed by atoms with Crippen molar-refractivity contribution in [3.05, 3.63) is 39.8 Å². The summed E-state index contributed by atoms with van der Waals surface area (Å²) in [4.78, 5) is 14.0. The molecule has 15 heavy (non-hydrogen) atoms. The monoisotopic (exact) mass is 268 g/mol. The maximum Gasteiger partial charge on any atom is 0.416 e. The van der Waals surface area contributed by atoms with Gasteiger partial charge in [0.25, 0.3) is 0 Å². The quantitative estimate of drug-likeness (QED) is 0.364. The van der Waals surface area contributed by atoms with Gasteiger partial charge in [0, 0.05) is 4.47 Å². The maximum atomic E-state index is 11.1. The van der Waals surface area contributed by atoms with Crippen LogP contribution >= 0.6 is 15.9 Å². The van der Waals surface area contributed by atoms with Crippen molar-refractivity contribution in [2.45, 2.75) is 6.42 Å². The van der Waals surface area contributed by atoms with Crippen LogP contribution in [0.2, 0.25) is 0 Å². The highest BCUT2D eigenvalue weighted by Gasteiger charge is 2.20. The van der Waals surface area contributed by atoms with E-state index < -0.39 is 5.97 Å². The molecule has 0 saturated carbocycles. The summed E-state index contributed by atoms with van der Waals surface area (Å²) >= 11 is 3.30. The van der Waals surface area contributed by atoms with Crippen LogP contribution in [0.5, 0.6) is 0 Å². The summed E-state index contributed by atoms with van der Waals surface area (Å²) in [6.45, 7) is 0. The third-order valence-corrected chi connectivity index (χ3v) is 2.36. The molecule has 78 valence electrons. The number of methoxy groups -OCH3 is 1. The Morgan fingerprint density at radius 3 is 2.53 bits per heavy atom. The van der Waals surface area contributed by atoms with Crippen molar-refractivity contribution in [2.24, 2.45) is 0 Å². The van der Waals surface area contributed by atoms with Gasteiger partial charge in [0.2, 0.25) is 0 Å². The van der Waals surface area contributed by atoms with Crippen molar-refractivity contribution < 1.29 is 14.3 Å². The van der Waals surface area contributed by atoms with E-state index in [4.69, 9.17) is 5.53 Å². The lowest BCUT2D eigenvalue weighted by atomic mass is 10.1. The highest BCUT2D eigenvalue weighted by atomic mass is 79.9. The number of rotatable bonds is 3. The van der Waals surface area contributed by atoms with E-state index in [0.717, 1.165) is 10.0 Å². The number of nitrogens with zero attached hydrogens (tertiary/aromatic N) is 2. The largest absolute Gasteiger partial charge is 0.460 e. The van der Waals surface area contributed by atoms with Crippen molar-refractivity contribution in [3.8, 4) is 0 Å². The van der Waals surface area contributed by atoms with Gasteiger partial charge in [-0.2, -0.15) is 4.79 Å². The van der Waals surface area contributed by atoms with E-state index in [9.17, 15) is 4.79 Å². The van der Waals surface area contributed by atoms with Crippen LogP contribution in [0.1, 0.15) is 5.56 Å². The molecule has 0 radical (unpaired) electrons. The van der Waals surface area contributed by atoms with Gasteiger partial charge in [0.05, 0.1) is 13.5 Å². The zero-order chi connectivity index (χ0) is 11.3. The molecule has 0 saturated heterocycles. The molecular weight excluding hydrogens is 260 g/mol. The van der Waals surface area contributed by atoms with Gasteiger partial charge in [-0.05, 0) is 17.7 Å². The van der Waals surface area contributed by atoms with E-state index in [1.165, 1.54) is 7.11 Å². The zero-order valence-electron chi connectivity index (χ0n) is 8.11. The van der Waals surface area contributed by atoms with Crippen LogP contribution < -0.4 is 0 Å². The molecule has 0 N–H and O–H groups in total. The predicted octanol–water partition coefficient (Wildman–Crippen LogP) is 1.84. The molecule has 0 bridgehead atoms. The van der Waals surface area contributed by atoms with Crippen LogP contribution in [0.15, 0.2) is 28.7 Å². The lowest BCUT2D eigenvalue weighted by molar-refractivity contribution is -0.137. The van der Waals surface area contributed by atoms with E-state index in [-0.39, 0.29) is 12.1 Å². The van der Waals surface area contributed by atoms with Crippen LogP contribution in [-0.4, -0.2) is 23.6 Å². The van der Waals surface area contributed by atoms with Crippen molar-refractivity contribution in [1.29, 1.82) is 0 Å². The Balaban J connectivity index is 2.81. The summed E-state index contributed by atoms with van der Waals surface area (Å²) in [6.07, 6.45) is 0.246. The number of esters is 1. The Morgan fingerprint density at radius 2 is 2.07 bits per heavy atom. The number of halogens is 1. The Kier molecular flexibility index (Phi) is 4.21. The minimum Gasteiger partial charge on any atom is -0.460 e. The molecule has 5 heteroatoms. The van der Waals surface area contributed by atoms with Gasteiger partial charge in [-0.3, -0.25) is 0 Å². The standard InChI is InChI=1S/C10H9BrN2O2/c1-15-10(14)9(13-12)6-7-2-4-8(11)5-3-7/h2-5H,6H2,1H3. The molecule has 0 unspecified atom stereocenters. The van der Waals surface area contributed by atoms with Gasteiger partial charge in [0.1, 0.15) is 0 Å². The summed E-state index contributed by atoms with van der Waals surface area (Å²) in [5.74, 6) is -0.625. The second-order valence-corrected chi connectivity index (χ2v) is 3.76. The van der Waals surface area contributed by atoms with Crippen molar-refractivity contribution in [3.63, 3.8) is 0 Å². The molecule has 1 aromatic carbocycles. The minimum absolute atomic E-state index is 0.0141. The number of benzene rings is 1. The highest BCUT2D eigenvalue weighted by molar-refractivity contribution is 9.10. The van der Waals surface area contributed by atoms with Gasteiger partial charge < -0.3 is 10.3 Å². The summed E-state index contributed by atoms with van der Waals surface area (Å²) in [5, 5.41) is 0. The fourth-order valence-corrected chi connectivity index (χ4v) is 1.33. The average molecular weight is 269 g/mol. The number of hydrogen-bond donors (Lipinski definition) is 0. The van der Waals surface area contributed by atoms with E-state index in [2.05, 4.69) is 25.5 Å². The normalized spacial score (nSPS) is 9.20. The van der Waals surface area contributed by atoms with Crippen LogP contribution in [0.25, 0.3) is 5.53 Å². The molecule has 0 aliphatic heterocycles. The first kappa shape index (κ1) is 11.6. The van der Waals surface area contributed by atoms with Gasteiger partial charge in [-0.1, -0.05) is 28.1 Å². The summed E-state index contributed by atoms with van der Waals surface area (Å²) in [7, 11) is 1.25. The minimum atomic E-state index is -0.625. The second kappa shape index (κ2) is 5.44. The molecule has 0 fully saturated rings. The molecule has 0 amide bonds. The zero-order valence-corrected chi connectivity index (χ0v) is 9.69. The molecule has 0 aromatic heterocycles. The average Bonchev–Trinajstić information content (AvgIpc) is 2.27. The number of ether oxygens (including phenoxy) is 1. The van der Waals surface area contributed by atoms with E-state index >= 15 is 0 Å². The van der Waals surface area contributed by atoms with E-state index in [0.29, 0.717) is 0 Å². The summed E-state index contributed by atoms with van der Waals surface area (Å²) < 4.78 is 5.41. The summed E-state index contributed by atoms with van der Waals surface area (Å²) in [6, 6.07) is 7.36. The van der Waals surface area contributed by atoms with Crippen LogP contribution in [0.3, 0.4) is 0 Å². The van der Waals surface area contributed by atoms with Crippen molar-refractivity contribution >= 4 is 27.6 Å². The molecule has 0 heterocycles. The molecule has 1 aromatic rings. The van der Waals surface area contributed by atoms with Gasteiger partial charge in [0.15, 0.2) is 0 Å². The predicted molar refractivity (Wildman–Crippen MR) is 58.5 cm³/mol. The fourth-order valence-electron chi connectivity index (χ4n) is 1.06. The van der Waals surface area contributed by atoms with E-state index in [1.54, 1.807) is 0 Å². The molecular formula is C10H9BrN2O2. The second-order valence-electron chi connectivity index (χ2n) is 2.84. The first-order valence-corrected chi connectivity index (χ1v) is 5.00. The Bertz CT molecular complexity index is 408. The van der Waals surface area contributed by atoms with Crippen molar-refractivity contribution in [2.75, 3.05) is 7.11 Å². The topological polar surface area (TPSA) is 62.7 Å². The first-order valence-electron chi connectivity index (χ1n) is 4.21. The number of carbonyl (C=O) groups excluding carboxylic acids is 1. The maximum absolute atomic E-state index is 11.1. The number of carbonyl (C=O) groups is 1. The van der Waals surface area contributed by atoms with Gasteiger partial charge in [-0.15, -0.1) is 0 Å². The van der Waals surface area contributed by atoms with Crippen LogP contribution in [-0.2, 0) is 16.0 Å².